The maximum atomic E-state index is 12.3. The monoisotopic (exact) mass is 281 g/mol. The van der Waals surface area contributed by atoms with Crippen LogP contribution in [-0.4, -0.2) is 30.8 Å². The zero-order valence-electron chi connectivity index (χ0n) is 12.8. The van der Waals surface area contributed by atoms with Gasteiger partial charge in [-0.25, -0.2) is 0 Å². The average molecular weight is 281 g/mol. The normalized spacial score (nSPS) is 12.3. The first-order valence-electron chi connectivity index (χ1n) is 7.48. The molecule has 0 bridgehead atoms. The Morgan fingerprint density at radius 3 is 2.19 bits per heavy atom. The number of ketones is 1. The first-order chi connectivity index (χ1) is 10.2. The summed E-state index contributed by atoms with van der Waals surface area (Å²) in [6.45, 7) is 3.77. The van der Waals surface area contributed by atoms with Gasteiger partial charge in [-0.15, -0.1) is 0 Å². The molecule has 0 aliphatic carbocycles. The summed E-state index contributed by atoms with van der Waals surface area (Å²) < 4.78 is 0. The highest BCUT2D eigenvalue weighted by molar-refractivity contribution is 5.97. The van der Waals surface area contributed by atoms with Crippen LogP contribution in [0.5, 0.6) is 0 Å². The van der Waals surface area contributed by atoms with Crippen molar-refractivity contribution >= 4 is 5.78 Å². The summed E-state index contributed by atoms with van der Waals surface area (Å²) in [5.74, 6) is 0.246. The molecule has 110 valence electrons. The first kappa shape index (κ1) is 15.5. The zero-order chi connectivity index (χ0) is 15.1. The molecule has 2 aromatic carbocycles. The Morgan fingerprint density at radius 1 is 1.00 bits per heavy atom. The van der Waals surface area contributed by atoms with E-state index in [1.807, 2.05) is 43.3 Å². The first-order valence-corrected chi connectivity index (χ1v) is 7.48. The lowest BCUT2D eigenvalue weighted by Gasteiger charge is -2.20. The number of nitrogens with zero attached hydrogens (tertiary/aromatic N) is 1. The van der Waals surface area contributed by atoms with E-state index in [1.54, 1.807) is 0 Å². The smallest absolute Gasteiger partial charge is 0.166 e. The van der Waals surface area contributed by atoms with Crippen molar-refractivity contribution in [3.63, 3.8) is 0 Å². The Kier molecular flexibility index (Phi) is 5.70. The molecule has 0 radical (unpaired) electrons. The van der Waals surface area contributed by atoms with Crippen LogP contribution in [0.15, 0.2) is 60.7 Å². The predicted molar refractivity (Wildman–Crippen MR) is 87.6 cm³/mol. The topological polar surface area (TPSA) is 20.3 Å². The maximum Gasteiger partial charge on any atom is 0.166 e. The highest BCUT2D eigenvalue weighted by Gasteiger charge is 2.16. The molecule has 0 aliphatic heterocycles. The second-order valence-corrected chi connectivity index (χ2v) is 5.63. The number of carbonyl (C=O) groups excluding carboxylic acids is 1. The summed E-state index contributed by atoms with van der Waals surface area (Å²) in [4.78, 5) is 14.6. The molecule has 0 heterocycles. The highest BCUT2D eigenvalue weighted by Crippen LogP contribution is 2.10. The molecule has 0 aromatic heterocycles. The molecule has 2 heteroatoms. The molecule has 2 rings (SSSR count). The molecule has 1 atom stereocenters. The Labute approximate surface area is 127 Å². The number of likely N-dealkylation sites (N-methyl/N-ethyl adjacent to an activating group) is 1. The highest BCUT2D eigenvalue weighted by atomic mass is 16.1. The fourth-order valence-electron chi connectivity index (χ4n) is 2.49. The van der Waals surface area contributed by atoms with Crippen LogP contribution in [0.3, 0.4) is 0 Å². The van der Waals surface area contributed by atoms with E-state index in [4.69, 9.17) is 0 Å². The fraction of sp³-hybridized carbons (Fsp3) is 0.316. The van der Waals surface area contributed by atoms with Gasteiger partial charge in [-0.3, -0.25) is 4.79 Å². The third-order valence-corrected chi connectivity index (χ3v) is 3.72. The van der Waals surface area contributed by atoms with Crippen LogP contribution >= 0.6 is 0 Å². The van der Waals surface area contributed by atoms with Crippen molar-refractivity contribution in [3.8, 4) is 0 Å². The van der Waals surface area contributed by atoms with Crippen LogP contribution in [0.1, 0.15) is 22.8 Å². The summed E-state index contributed by atoms with van der Waals surface area (Å²) in [7, 11) is 2.08. The fourth-order valence-corrected chi connectivity index (χ4v) is 2.49. The van der Waals surface area contributed by atoms with Gasteiger partial charge in [0.2, 0.25) is 0 Å². The standard InChI is InChI=1S/C19H23NO/c1-16(19(21)18-11-7-4-8-12-18)15-20(2)14-13-17-9-5-3-6-10-17/h3-12,16H,13-15H2,1-2H3. The van der Waals surface area contributed by atoms with Crippen molar-refractivity contribution < 1.29 is 4.79 Å². The van der Waals surface area contributed by atoms with Gasteiger partial charge in [0.1, 0.15) is 0 Å². The summed E-state index contributed by atoms with van der Waals surface area (Å²) in [6.07, 6.45) is 1.02. The van der Waals surface area contributed by atoms with Gasteiger partial charge >= 0.3 is 0 Å². The van der Waals surface area contributed by atoms with Crippen molar-refractivity contribution in [1.29, 1.82) is 0 Å². The number of benzene rings is 2. The van der Waals surface area contributed by atoms with Gasteiger partial charge in [0.05, 0.1) is 0 Å². The maximum absolute atomic E-state index is 12.3. The van der Waals surface area contributed by atoms with Crippen molar-refractivity contribution in [2.75, 3.05) is 20.1 Å². The van der Waals surface area contributed by atoms with Crippen molar-refractivity contribution in [2.24, 2.45) is 5.92 Å². The van der Waals surface area contributed by atoms with E-state index in [0.29, 0.717) is 0 Å². The number of Topliss-reactive ketones (excluding diaryl/α,β-unsaturated/α-hetero) is 1. The van der Waals surface area contributed by atoms with Crippen molar-refractivity contribution in [3.05, 3.63) is 71.8 Å². The van der Waals surface area contributed by atoms with E-state index >= 15 is 0 Å². The number of carbonyl (C=O) groups is 1. The molecule has 0 saturated heterocycles. The Balaban J connectivity index is 1.82. The van der Waals surface area contributed by atoms with Gasteiger partial charge < -0.3 is 4.90 Å². The van der Waals surface area contributed by atoms with Crippen LogP contribution in [-0.2, 0) is 6.42 Å². The Bertz CT molecular complexity index is 550. The molecule has 2 nitrogen and oxygen atoms in total. The second kappa shape index (κ2) is 7.75. The Morgan fingerprint density at radius 2 is 1.57 bits per heavy atom. The van der Waals surface area contributed by atoms with E-state index < -0.39 is 0 Å². The predicted octanol–water partition coefficient (Wildman–Crippen LogP) is 3.68. The molecule has 0 saturated carbocycles. The number of hydrogen-bond donors (Lipinski definition) is 0. The van der Waals surface area contributed by atoms with Gasteiger partial charge in [0.25, 0.3) is 0 Å². The molecule has 0 aliphatic rings. The van der Waals surface area contributed by atoms with Gasteiger partial charge in [-0.05, 0) is 19.0 Å². The van der Waals surface area contributed by atoms with Gasteiger partial charge in [0, 0.05) is 24.6 Å². The molecule has 0 N–H and O–H groups in total. The second-order valence-electron chi connectivity index (χ2n) is 5.63. The lowest BCUT2D eigenvalue weighted by Crippen LogP contribution is -2.30. The minimum Gasteiger partial charge on any atom is -0.305 e. The molecule has 2 aromatic rings. The zero-order valence-corrected chi connectivity index (χ0v) is 12.8. The van der Waals surface area contributed by atoms with Gasteiger partial charge in [-0.2, -0.15) is 0 Å². The molecule has 0 fully saturated rings. The quantitative estimate of drug-likeness (QED) is 0.722. The van der Waals surface area contributed by atoms with Gasteiger partial charge in [0.15, 0.2) is 5.78 Å². The van der Waals surface area contributed by atoms with Crippen LogP contribution in [0, 0.1) is 5.92 Å². The molecular weight excluding hydrogens is 258 g/mol. The summed E-state index contributed by atoms with van der Waals surface area (Å²) in [6, 6.07) is 20.0. The summed E-state index contributed by atoms with van der Waals surface area (Å²) >= 11 is 0. The molecular formula is C19H23NO. The number of hydrogen-bond acceptors (Lipinski definition) is 2. The van der Waals surface area contributed by atoms with Crippen LogP contribution in [0.25, 0.3) is 0 Å². The Hall–Kier alpha value is -1.93. The summed E-state index contributed by atoms with van der Waals surface area (Å²) in [5.41, 5.74) is 2.15. The number of rotatable bonds is 7. The van der Waals surface area contributed by atoms with E-state index in [-0.39, 0.29) is 11.7 Å². The summed E-state index contributed by atoms with van der Waals surface area (Å²) in [5, 5.41) is 0. The van der Waals surface area contributed by atoms with E-state index in [2.05, 4.69) is 36.2 Å². The van der Waals surface area contributed by atoms with Crippen LogP contribution in [0.2, 0.25) is 0 Å². The molecule has 0 amide bonds. The minimum atomic E-state index is 0.0215. The lowest BCUT2D eigenvalue weighted by atomic mass is 9.99. The SMILES string of the molecule is CC(CN(C)CCc1ccccc1)C(=O)c1ccccc1. The molecule has 21 heavy (non-hydrogen) atoms. The van der Waals surface area contributed by atoms with E-state index in [9.17, 15) is 4.79 Å². The van der Waals surface area contributed by atoms with Crippen molar-refractivity contribution in [1.82, 2.24) is 4.90 Å². The van der Waals surface area contributed by atoms with Gasteiger partial charge in [-0.1, -0.05) is 67.6 Å². The third kappa shape index (κ3) is 4.83. The van der Waals surface area contributed by atoms with E-state index in [1.165, 1.54) is 5.56 Å². The third-order valence-electron chi connectivity index (χ3n) is 3.72. The van der Waals surface area contributed by atoms with E-state index in [0.717, 1.165) is 25.1 Å². The largest absolute Gasteiger partial charge is 0.305 e. The molecule has 0 spiro atoms. The molecule has 1 unspecified atom stereocenters. The lowest BCUT2D eigenvalue weighted by molar-refractivity contribution is 0.0903. The minimum absolute atomic E-state index is 0.0215. The van der Waals surface area contributed by atoms with Crippen LogP contribution in [0.4, 0.5) is 0 Å². The van der Waals surface area contributed by atoms with Crippen LogP contribution < -0.4 is 0 Å². The van der Waals surface area contributed by atoms with Crippen molar-refractivity contribution in [2.45, 2.75) is 13.3 Å². The average Bonchev–Trinajstić information content (AvgIpc) is 2.54.